The van der Waals surface area contributed by atoms with E-state index in [0.717, 1.165) is 18.4 Å². The molecule has 2 rings (SSSR count). The van der Waals surface area contributed by atoms with Crippen molar-refractivity contribution in [2.24, 2.45) is 15.9 Å². The molecule has 7 heteroatoms. The van der Waals surface area contributed by atoms with E-state index in [2.05, 4.69) is 43.1 Å². The summed E-state index contributed by atoms with van der Waals surface area (Å²) in [6.07, 6.45) is 1.93. The average molecular weight is 453 g/mol. The molecule has 0 heterocycles. The van der Waals surface area contributed by atoms with E-state index in [4.69, 9.17) is 15.3 Å². The Morgan fingerprint density at radius 3 is 2.45 bits per heavy atom. The SMILES string of the molecule is CCCC(C)Oc1ccc(C(C)(C)C)cc1NC(=O)/C(=N/N)C(C)=Nc1ccccc1OC. The number of nitrogens with two attached hydrogens (primary N) is 1. The number of nitrogens with one attached hydrogen (secondary N) is 1. The number of anilines is 1. The first kappa shape index (κ1) is 25.9. The zero-order chi connectivity index (χ0) is 24.6. The molecule has 0 aromatic heterocycles. The van der Waals surface area contributed by atoms with Crippen molar-refractivity contribution < 1.29 is 14.3 Å². The average Bonchev–Trinajstić information content (AvgIpc) is 2.75. The van der Waals surface area contributed by atoms with Crippen molar-refractivity contribution in [3.05, 3.63) is 48.0 Å². The van der Waals surface area contributed by atoms with Crippen molar-refractivity contribution in [3.8, 4) is 11.5 Å². The molecule has 1 amide bonds. The zero-order valence-electron chi connectivity index (χ0n) is 20.7. The first-order valence-corrected chi connectivity index (χ1v) is 11.2. The number of amides is 1. The van der Waals surface area contributed by atoms with Crippen molar-refractivity contribution in [1.82, 2.24) is 0 Å². The van der Waals surface area contributed by atoms with Crippen LogP contribution in [0.25, 0.3) is 0 Å². The first-order valence-electron chi connectivity index (χ1n) is 11.2. The molecule has 0 spiro atoms. The highest BCUT2D eigenvalue weighted by Gasteiger charge is 2.21. The van der Waals surface area contributed by atoms with Gasteiger partial charge in [0.2, 0.25) is 0 Å². The van der Waals surface area contributed by atoms with Crippen molar-refractivity contribution in [2.45, 2.75) is 65.9 Å². The Kier molecular flexibility index (Phi) is 9.02. The number of hydrogen-bond acceptors (Lipinski definition) is 6. The van der Waals surface area contributed by atoms with Gasteiger partial charge in [-0.1, -0.05) is 52.3 Å². The van der Waals surface area contributed by atoms with Gasteiger partial charge in [-0.15, -0.1) is 0 Å². The number of carbonyl (C=O) groups is 1. The minimum atomic E-state index is -0.465. The number of carbonyl (C=O) groups excluding carboxylic acids is 1. The summed E-state index contributed by atoms with van der Waals surface area (Å²) in [7, 11) is 1.57. The summed E-state index contributed by atoms with van der Waals surface area (Å²) in [4.78, 5) is 17.7. The lowest BCUT2D eigenvalue weighted by molar-refractivity contribution is -0.110. The van der Waals surface area contributed by atoms with Crippen LogP contribution in [0.2, 0.25) is 0 Å². The topological polar surface area (TPSA) is 98.3 Å². The van der Waals surface area contributed by atoms with Crippen LogP contribution >= 0.6 is 0 Å². The van der Waals surface area contributed by atoms with Crippen LogP contribution in [-0.2, 0) is 10.2 Å². The second-order valence-electron chi connectivity index (χ2n) is 8.98. The molecule has 7 nitrogen and oxygen atoms in total. The number of hydrogen-bond donors (Lipinski definition) is 2. The monoisotopic (exact) mass is 452 g/mol. The molecule has 1 atom stereocenters. The third kappa shape index (κ3) is 7.07. The lowest BCUT2D eigenvalue weighted by Gasteiger charge is -2.23. The highest BCUT2D eigenvalue weighted by molar-refractivity contribution is 6.68. The summed E-state index contributed by atoms with van der Waals surface area (Å²) in [5.74, 6) is 6.32. The minimum Gasteiger partial charge on any atom is -0.494 e. The van der Waals surface area contributed by atoms with E-state index in [9.17, 15) is 4.79 Å². The molecule has 0 bridgehead atoms. The summed E-state index contributed by atoms with van der Waals surface area (Å²) in [6, 6.07) is 13.1. The molecular formula is C26H36N4O3. The quantitative estimate of drug-likeness (QED) is 0.294. The molecule has 1 unspecified atom stereocenters. The van der Waals surface area contributed by atoms with Gasteiger partial charge >= 0.3 is 0 Å². The molecule has 0 saturated carbocycles. The lowest BCUT2D eigenvalue weighted by atomic mass is 9.87. The van der Waals surface area contributed by atoms with Crippen LogP contribution in [0.1, 0.15) is 59.9 Å². The van der Waals surface area contributed by atoms with Crippen LogP contribution in [0, 0.1) is 0 Å². The second kappa shape index (κ2) is 11.5. The van der Waals surface area contributed by atoms with Crippen LogP contribution in [0.4, 0.5) is 11.4 Å². The van der Waals surface area contributed by atoms with Gasteiger partial charge in [0.15, 0.2) is 5.71 Å². The maximum absolute atomic E-state index is 13.2. The maximum atomic E-state index is 13.2. The van der Waals surface area contributed by atoms with E-state index in [1.807, 2.05) is 37.3 Å². The summed E-state index contributed by atoms with van der Waals surface area (Å²) < 4.78 is 11.5. The second-order valence-corrected chi connectivity index (χ2v) is 8.98. The number of rotatable bonds is 9. The van der Waals surface area contributed by atoms with E-state index in [1.165, 1.54) is 0 Å². The third-order valence-electron chi connectivity index (χ3n) is 5.18. The van der Waals surface area contributed by atoms with Crippen molar-refractivity contribution in [1.29, 1.82) is 0 Å². The predicted octanol–water partition coefficient (Wildman–Crippen LogP) is 5.61. The Morgan fingerprint density at radius 1 is 1.15 bits per heavy atom. The molecule has 0 aliphatic carbocycles. The largest absolute Gasteiger partial charge is 0.494 e. The third-order valence-corrected chi connectivity index (χ3v) is 5.18. The molecule has 0 fully saturated rings. The Labute approximate surface area is 197 Å². The Bertz CT molecular complexity index is 1020. The summed E-state index contributed by atoms with van der Waals surface area (Å²) in [5, 5.41) is 6.65. The van der Waals surface area contributed by atoms with Crippen molar-refractivity contribution in [2.75, 3.05) is 12.4 Å². The van der Waals surface area contributed by atoms with E-state index in [-0.39, 0.29) is 17.2 Å². The maximum Gasteiger partial charge on any atom is 0.278 e. The molecule has 0 aliphatic rings. The van der Waals surface area contributed by atoms with E-state index in [0.29, 0.717) is 28.6 Å². The summed E-state index contributed by atoms with van der Waals surface area (Å²) in [6.45, 7) is 12.2. The highest BCUT2D eigenvalue weighted by Crippen LogP contribution is 2.33. The van der Waals surface area contributed by atoms with E-state index < -0.39 is 5.91 Å². The molecule has 3 N–H and O–H groups in total. The molecule has 0 saturated heterocycles. The predicted molar refractivity (Wildman–Crippen MR) is 136 cm³/mol. The van der Waals surface area contributed by atoms with Crippen LogP contribution in [0.3, 0.4) is 0 Å². The van der Waals surface area contributed by atoms with Gasteiger partial charge in [-0.25, -0.2) is 4.99 Å². The normalized spacial score (nSPS) is 13.4. The smallest absolute Gasteiger partial charge is 0.278 e. The fourth-order valence-electron chi connectivity index (χ4n) is 3.33. The molecule has 2 aromatic rings. The Hall–Kier alpha value is -3.35. The number of ether oxygens (including phenoxy) is 2. The van der Waals surface area contributed by atoms with Gasteiger partial charge in [0.05, 0.1) is 24.6 Å². The number of para-hydroxylation sites is 2. The number of benzene rings is 2. The minimum absolute atomic E-state index is 0.0163. The first-order chi connectivity index (χ1) is 15.6. The van der Waals surface area contributed by atoms with Gasteiger partial charge in [-0.3, -0.25) is 4.79 Å². The molecular weight excluding hydrogens is 416 g/mol. The molecule has 2 aromatic carbocycles. The lowest BCUT2D eigenvalue weighted by Crippen LogP contribution is -2.30. The molecule has 0 radical (unpaired) electrons. The highest BCUT2D eigenvalue weighted by atomic mass is 16.5. The molecule has 0 aliphatic heterocycles. The standard InChI is InChI=1S/C26H36N4O3/c1-8-11-17(2)33-23-15-14-19(26(4,5)6)16-21(23)29-25(31)24(30-27)18(3)28-20-12-9-10-13-22(20)32-7/h9-10,12-17H,8,11,27H2,1-7H3,(H,29,31)/b28-18?,30-24+. The summed E-state index contributed by atoms with van der Waals surface area (Å²) in [5.41, 5.74) is 2.51. The number of hydrazone groups is 1. The summed E-state index contributed by atoms with van der Waals surface area (Å²) >= 11 is 0. The van der Waals surface area contributed by atoms with Gasteiger partial charge in [0, 0.05) is 0 Å². The van der Waals surface area contributed by atoms with E-state index in [1.54, 1.807) is 26.2 Å². The van der Waals surface area contributed by atoms with Crippen LogP contribution in [-0.4, -0.2) is 30.5 Å². The van der Waals surface area contributed by atoms with E-state index >= 15 is 0 Å². The number of aliphatic imine (C=N–C) groups is 1. The Morgan fingerprint density at radius 2 is 1.85 bits per heavy atom. The van der Waals surface area contributed by atoms with Crippen LogP contribution in [0.15, 0.2) is 52.6 Å². The Balaban J connectivity index is 2.38. The van der Waals surface area contributed by atoms with Gasteiger partial charge in [0.1, 0.15) is 17.2 Å². The molecule has 33 heavy (non-hydrogen) atoms. The number of nitrogens with zero attached hydrogens (tertiary/aromatic N) is 2. The zero-order valence-corrected chi connectivity index (χ0v) is 20.7. The fraction of sp³-hybridized carbons (Fsp3) is 0.423. The van der Waals surface area contributed by atoms with Crippen LogP contribution < -0.4 is 20.6 Å². The van der Waals surface area contributed by atoms with Gasteiger partial charge in [0.25, 0.3) is 5.91 Å². The van der Waals surface area contributed by atoms with Crippen molar-refractivity contribution in [3.63, 3.8) is 0 Å². The van der Waals surface area contributed by atoms with Crippen molar-refractivity contribution >= 4 is 28.7 Å². The van der Waals surface area contributed by atoms with Crippen LogP contribution in [0.5, 0.6) is 11.5 Å². The fourth-order valence-corrected chi connectivity index (χ4v) is 3.33. The van der Waals surface area contributed by atoms with Gasteiger partial charge in [-0.2, -0.15) is 5.10 Å². The number of methoxy groups -OCH3 is 1. The van der Waals surface area contributed by atoms with Gasteiger partial charge in [-0.05, 0) is 55.5 Å². The van der Waals surface area contributed by atoms with Gasteiger partial charge < -0.3 is 20.6 Å². The molecule has 178 valence electrons.